The Balaban J connectivity index is 2.53. The Morgan fingerprint density at radius 3 is 2.67 bits per heavy atom. The molecule has 18 heavy (non-hydrogen) atoms. The molecule has 5 heteroatoms. The molecular formula is C13H9F2N3. The number of hydrogen-bond donors (Lipinski definition) is 0. The molecule has 0 unspecified atom stereocenters. The minimum atomic E-state index is -0.684. The molecule has 0 bridgehead atoms. The first-order valence-corrected chi connectivity index (χ1v) is 5.27. The van der Waals surface area contributed by atoms with E-state index in [2.05, 4.69) is 9.97 Å². The fourth-order valence-corrected chi connectivity index (χ4v) is 1.61. The van der Waals surface area contributed by atoms with E-state index in [0.29, 0.717) is 17.2 Å². The van der Waals surface area contributed by atoms with Crippen molar-refractivity contribution in [2.45, 2.75) is 13.3 Å². The van der Waals surface area contributed by atoms with Crippen molar-refractivity contribution in [1.82, 2.24) is 9.97 Å². The van der Waals surface area contributed by atoms with Crippen molar-refractivity contribution in [1.29, 1.82) is 5.26 Å². The molecule has 0 N–H and O–H groups in total. The second-order valence-corrected chi connectivity index (χ2v) is 3.77. The molecule has 0 aliphatic carbocycles. The second-order valence-electron chi connectivity index (χ2n) is 3.77. The van der Waals surface area contributed by atoms with Crippen LogP contribution in [-0.4, -0.2) is 9.97 Å². The van der Waals surface area contributed by atoms with Gasteiger partial charge in [-0.3, -0.25) is 0 Å². The number of hydrogen-bond acceptors (Lipinski definition) is 3. The molecule has 2 aromatic rings. The summed E-state index contributed by atoms with van der Waals surface area (Å²) >= 11 is 0. The average molecular weight is 245 g/mol. The number of benzene rings is 1. The minimum absolute atomic E-state index is 0.0531. The van der Waals surface area contributed by atoms with Gasteiger partial charge in [0.05, 0.1) is 18.2 Å². The summed E-state index contributed by atoms with van der Waals surface area (Å²) in [6, 6.07) is 6.82. The lowest BCUT2D eigenvalue weighted by Crippen LogP contribution is -1.99. The maximum Gasteiger partial charge on any atom is 0.143 e. The van der Waals surface area contributed by atoms with Crippen LogP contribution in [0.2, 0.25) is 0 Å². The van der Waals surface area contributed by atoms with Gasteiger partial charge in [0.15, 0.2) is 0 Å². The maximum absolute atomic E-state index is 13.6. The summed E-state index contributed by atoms with van der Waals surface area (Å²) in [6.45, 7) is 1.73. The Morgan fingerprint density at radius 2 is 2.00 bits per heavy atom. The van der Waals surface area contributed by atoms with Crippen molar-refractivity contribution in [2.24, 2.45) is 0 Å². The van der Waals surface area contributed by atoms with Crippen LogP contribution in [0.4, 0.5) is 8.78 Å². The van der Waals surface area contributed by atoms with Crippen LogP contribution in [0.1, 0.15) is 11.5 Å². The predicted molar refractivity (Wildman–Crippen MR) is 61.4 cm³/mol. The smallest absolute Gasteiger partial charge is 0.143 e. The predicted octanol–water partition coefficient (Wildman–Crippen LogP) is 2.80. The van der Waals surface area contributed by atoms with Crippen LogP contribution in [0.25, 0.3) is 11.3 Å². The molecule has 0 aliphatic rings. The third-order valence-electron chi connectivity index (χ3n) is 2.34. The number of aryl methyl sites for hydroxylation is 1. The Labute approximate surface area is 103 Å². The molecule has 1 aromatic heterocycles. The molecular weight excluding hydrogens is 236 g/mol. The van der Waals surface area contributed by atoms with Gasteiger partial charge in [-0.2, -0.15) is 5.26 Å². The van der Waals surface area contributed by atoms with Crippen LogP contribution >= 0.6 is 0 Å². The molecule has 2 rings (SSSR count). The van der Waals surface area contributed by atoms with E-state index >= 15 is 0 Å². The van der Waals surface area contributed by atoms with Crippen LogP contribution in [0.15, 0.2) is 24.3 Å². The third-order valence-corrected chi connectivity index (χ3v) is 2.34. The largest absolute Gasteiger partial charge is 0.237 e. The average Bonchev–Trinajstić information content (AvgIpc) is 2.28. The van der Waals surface area contributed by atoms with Gasteiger partial charge >= 0.3 is 0 Å². The highest BCUT2D eigenvalue weighted by atomic mass is 19.1. The van der Waals surface area contributed by atoms with Gasteiger partial charge in [0.2, 0.25) is 0 Å². The van der Waals surface area contributed by atoms with Crippen LogP contribution in [-0.2, 0) is 6.42 Å². The zero-order valence-corrected chi connectivity index (χ0v) is 9.61. The number of nitriles is 1. The molecule has 1 heterocycles. The van der Waals surface area contributed by atoms with E-state index in [-0.39, 0.29) is 12.0 Å². The Bertz CT molecular complexity index is 633. The van der Waals surface area contributed by atoms with Gasteiger partial charge in [0.25, 0.3) is 0 Å². The van der Waals surface area contributed by atoms with Crippen molar-refractivity contribution in [3.8, 4) is 17.3 Å². The highest BCUT2D eigenvalue weighted by Crippen LogP contribution is 2.22. The number of rotatable bonds is 2. The molecule has 0 amide bonds. The topological polar surface area (TPSA) is 49.6 Å². The van der Waals surface area contributed by atoms with Gasteiger partial charge in [0.1, 0.15) is 17.5 Å². The fourth-order valence-electron chi connectivity index (χ4n) is 1.61. The van der Waals surface area contributed by atoms with Crippen LogP contribution in [0.3, 0.4) is 0 Å². The zero-order chi connectivity index (χ0) is 13.1. The van der Waals surface area contributed by atoms with E-state index in [1.165, 1.54) is 12.1 Å². The summed E-state index contributed by atoms with van der Waals surface area (Å²) in [4.78, 5) is 8.15. The molecule has 3 nitrogen and oxygen atoms in total. The third kappa shape index (κ3) is 2.48. The molecule has 1 aromatic carbocycles. The maximum atomic E-state index is 13.6. The molecule has 90 valence electrons. The summed E-state index contributed by atoms with van der Waals surface area (Å²) in [5.74, 6) is -0.994. The molecule has 0 spiro atoms. The monoisotopic (exact) mass is 245 g/mol. The van der Waals surface area contributed by atoms with Gasteiger partial charge in [-0.15, -0.1) is 0 Å². The van der Waals surface area contributed by atoms with Crippen LogP contribution in [0, 0.1) is 29.9 Å². The number of halogens is 2. The van der Waals surface area contributed by atoms with Crippen LogP contribution < -0.4 is 0 Å². The second kappa shape index (κ2) is 4.88. The summed E-state index contributed by atoms with van der Waals surface area (Å²) in [5.41, 5.74) is 1.18. The van der Waals surface area contributed by atoms with Crippen LogP contribution in [0.5, 0.6) is 0 Å². The lowest BCUT2D eigenvalue weighted by molar-refractivity contribution is 0.585. The van der Waals surface area contributed by atoms with Gasteiger partial charge in [-0.1, -0.05) is 0 Å². The standard InChI is InChI=1S/C13H9F2N3/c1-8-6-12(18-13(17-8)4-5-16)10-3-2-9(14)7-11(10)15/h2-3,6-7H,4H2,1H3. The fraction of sp³-hybridized carbons (Fsp3) is 0.154. The molecule has 0 saturated carbocycles. The van der Waals surface area contributed by atoms with Gasteiger partial charge in [0, 0.05) is 17.3 Å². The molecule has 0 fully saturated rings. The lowest BCUT2D eigenvalue weighted by atomic mass is 10.1. The Kier molecular flexibility index (Phi) is 3.28. The first kappa shape index (κ1) is 12.1. The number of aromatic nitrogens is 2. The lowest BCUT2D eigenvalue weighted by Gasteiger charge is -2.05. The highest BCUT2D eigenvalue weighted by Gasteiger charge is 2.10. The van der Waals surface area contributed by atoms with Crippen molar-refractivity contribution >= 4 is 0 Å². The van der Waals surface area contributed by atoms with E-state index in [1.807, 2.05) is 6.07 Å². The normalized spacial score (nSPS) is 10.1. The molecule has 0 atom stereocenters. The van der Waals surface area contributed by atoms with Crippen molar-refractivity contribution in [3.05, 3.63) is 47.4 Å². The van der Waals surface area contributed by atoms with Crippen molar-refractivity contribution < 1.29 is 8.78 Å². The SMILES string of the molecule is Cc1cc(-c2ccc(F)cc2F)nc(CC#N)n1. The van der Waals surface area contributed by atoms with Gasteiger partial charge in [-0.05, 0) is 25.1 Å². The van der Waals surface area contributed by atoms with Gasteiger partial charge in [-0.25, -0.2) is 18.7 Å². The summed E-state index contributed by atoms with van der Waals surface area (Å²) in [7, 11) is 0. The van der Waals surface area contributed by atoms with E-state index in [9.17, 15) is 8.78 Å². The van der Waals surface area contributed by atoms with Gasteiger partial charge < -0.3 is 0 Å². The Hall–Kier alpha value is -2.35. The first-order chi connectivity index (χ1) is 8.60. The summed E-state index contributed by atoms with van der Waals surface area (Å²) in [6.07, 6.45) is 0.0531. The summed E-state index contributed by atoms with van der Waals surface area (Å²) in [5, 5.41) is 8.61. The van der Waals surface area contributed by atoms with E-state index in [0.717, 1.165) is 6.07 Å². The molecule has 0 aliphatic heterocycles. The van der Waals surface area contributed by atoms with E-state index < -0.39 is 11.6 Å². The Morgan fingerprint density at radius 1 is 1.22 bits per heavy atom. The molecule has 0 saturated heterocycles. The van der Waals surface area contributed by atoms with E-state index in [1.54, 1.807) is 13.0 Å². The quantitative estimate of drug-likeness (QED) is 0.817. The van der Waals surface area contributed by atoms with Crippen molar-refractivity contribution in [3.63, 3.8) is 0 Å². The minimum Gasteiger partial charge on any atom is -0.237 e. The van der Waals surface area contributed by atoms with E-state index in [4.69, 9.17) is 5.26 Å². The highest BCUT2D eigenvalue weighted by molar-refractivity contribution is 5.60. The number of nitrogens with zero attached hydrogens (tertiary/aromatic N) is 3. The summed E-state index contributed by atoms with van der Waals surface area (Å²) < 4.78 is 26.4. The zero-order valence-electron chi connectivity index (χ0n) is 9.61. The first-order valence-electron chi connectivity index (χ1n) is 5.27. The molecule has 0 radical (unpaired) electrons. The van der Waals surface area contributed by atoms with Crippen molar-refractivity contribution in [2.75, 3.05) is 0 Å².